The second-order valence-corrected chi connectivity index (χ2v) is 12.4. The van der Waals surface area contributed by atoms with Gasteiger partial charge < -0.3 is 19.7 Å². The van der Waals surface area contributed by atoms with Crippen molar-refractivity contribution in [2.24, 2.45) is 0 Å². The summed E-state index contributed by atoms with van der Waals surface area (Å²) in [5.41, 5.74) is 0.920. The molecule has 1 aliphatic heterocycles. The van der Waals surface area contributed by atoms with Crippen LogP contribution in [0.5, 0.6) is 11.5 Å². The molecule has 9 nitrogen and oxygen atoms in total. The summed E-state index contributed by atoms with van der Waals surface area (Å²) in [7, 11) is -3.86. The van der Waals surface area contributed by atoms with E-state index in [1.165, 1.54) is 17.9 Å². The van der Waals surface area contributed by atoms with Gasteiger partial charge in [0.1, 0.15) is 12.6 Å². The number of carbonyl (C=O) groups excluding carboxylic acids is 2. The van der Waals surface area contributed by atoms with Crippen LogP contribution >= 0.6 is 23.2 Å². The molecular weight excluding hydrogens is 553 g/mol. The Morgan fingerprint density at radius 3 is 2.45 bits per heavy atom. The first-order valence-corrected chi connectivity index (χ1v) is 14.9. The number of nitrogens with one attached hydrogen (secondary N) is 1. The van der Waals surface area contributed by atoms with E-state index in [2.05, 4.69) is 5.32 Å². The van der Waals surface area contributed by atoms with Crippen molar-refractivity contribution in [2.45, 2.75) is 58.2 Å². The van der Waals surface area contributed by atoms with Gasteiger partial charge in [0.15, 0.2) is 11.5 Å². The van der Waals surface area contributed by atoms with E-state index < -0.39 is 28.5 Å². The summed E-state index contributed by atoms with van der Waals surface area (Å²) in [5, 5.41) is 3.71. The molecule has 0 spiro atoms. The molecule has 0 unspecified atom stereocenters. The van der Waals surface area contributed by atoms with Crippen molar-refractivity contribution in [1.29, 1.82) is 0 Å². The molecule has 2 aromatic rings. The maximum absolute atomic E-state index is 13.8. The van der Waals surface area contributed by atoms with Gasteiger partial charge in [-0.2, -0.15) is 0 Å². The maximum atomic E-state index is 13.8. The number of hydrogen-bond donors (Lipinski definition) is 1. The molecule has 4 rings (SSSR count). The molecule has 206 valence electrons. The Kier molecular flexibility index (Phi) is 8.95. The summed E-state index contributed by atoms with van der Waals surface area (Å²) in [6.45, 7) is 2.71. The third-order valence-corrected chi connectivity index (χ3v) is 9.31. The number of nitrogens with zero attached hydrogens (tertiary/aromatic N) is 2. The molecule has 12 heteroatoms. The first kappa shape index (κ1) is 28.3. The highest BCUT2D eigenvalue weighted by molar-refractivity contribution is 7.92. The van der Waals surface area contributed by atoms with Gasteiger partial charge in [-0.25, -0.2) is 8.42 Å². The number of anilines is 1. The minimum absolute atomic E-state index is 0.0310. The summed E-state index contributed by atoms with van der Waals surface area (Å²) in [6, 6.07) is 8.86. The molecule has 0 bridgehead atoms. The Balaban J connectivity index is 1.63. The fourth-order valence-corrected chi connectivity index (χ4v) is 5.94. The van der Waals surface area contributed by atoms with Crippen LogP contribution in [0.4, 0.5) is 5.69 Å². The van der Waals surface area contributed by atoms with Gasteiger partial charge >= 0.3 is 0 Å². The Morgan fingerprint density at radius 1 is 1.05 bits per heavy atom. The lowest BCUT2D eigenvalue weighted by Gasteiger charge is -2.32. The molecule has 2 aromatic carbocycles. The standard InChI is InChI=1S/C26H31Cl2N3O6S/c1-3-38(34,35)31(20-9-11-23-24(13-20)37-16-36-23)15-25(32)30(14-18-8-10-21(27)22(28)12-18)17(2)26(33)29-19-6-4-5-7-19/h8-13,17,19H,3-7,14-16H2,1-2H3,(H,29,33)/t17-/m1/s1. The summed E-state index contributed by atoms with van der Waals surface area (Å²) in [4.78, 5) is 28.3. The molecule has 0 aromatic heterocycles. The predicted molar refractivity (Wildman–Crippen MR) is 146 cm³/mol. The molecular formula is C26H31Cl2N3O6S. The largest absolute Gasteiger partial charge is 0.454 e. The first-order chi connectivity index (χ1) is 18.1. The third kappa shape index (κ3) is 6.47. The fourth-order valence-electron chi connectivity index (χ4n) is 4.57. The van der Waals surface area contributed by atoms with Gasteiger partial charge in [-0.3, -0.25) is 13.9 Å². The highest BCUT2D eigenvalue weighted by Crippen LogP contribution is 2.36. The van der Waals surface area contributed by atoms with Crippen LogP contribution < -0.4 is 19.1 Å². The molecule has 38 heavy (non-hydrogen) atoms. The highest BCUT2D eigenvalue weighted by atomic mass is 35.5. The van der Waals surface area contributed by atoms with Crippen molar-refractivity contribution < 1.29 is 27.5 Å². The van der Waals surface area contributed by atoms with Crippen molar-refractivity contribution in [3.8, 4) is 11.5 Å². The second-order valence-electron chi connectivity index (χ2n) is 9.38. The molecule has 0 saturated heterocycles. The zero-order chi connectivity index (χ0) is 27.4. The van der Waals surface area contributed by atoms with Crippen molar-refractivity contribution in [2.75, 3.05) is 23.4 Å². The molecule has 1 heterocycles. The zero-order valence-corrected chi connectivity index (χ0v) is 23.6. The van der Waals surface area contributed by atoms with Gasteiger partial charge in [0.2, 0.25) is 28.6 Å². The van der Waals surface area contributed by atoms with Crippen LogP contribution in [0, 0.1) is 0 Å². The lowest BCUT2D eigenvalue weighted by Crippen LogP contribution is -2.52. The van der Waals surface area contributed by atoms with E-state index in [1.54, 1.807) is 37.3 Å². The van der Waals surface area contributed by atoms with Crippen LogP contribution in [0.3, 0.4) is 0 Å². The normalized spacial score (nSPS) is 15.8. The number of fused-ring (bicyclic) bond motifs is 1. The number of amides is 2. The number of carbonyl (C=O) groups is 2. The lowest BCUT2D eigenvalue weighted by atomic mass is 10.1. The Morgan fingerprint density at radius 2 is 1.76 bits per heavy atom. The van der Waals surface area contributed by atoms with Crippen LogP contribution in [0.15, 0.2) is 36.4 Å². The second kappa shape index (κ2) is 12.0. The van der Waals surface area contributed by atoms with Crippen LogP contribution in [0.25, 0.3) is 0 Å². The molecule has 1 N–H and O–H groups in total. The minimum atomic E-state index is -3.86. The van der Waals surface area contributed by atoms with Gasteiger partial charge in [-0.15, -0.1) is 0 Å². The van der Waals surface area contributed by atoms with Gasteiger partial charge in [-0.1, -0.05) is 42.1 Å². The van der Waals surface area contributed by atoms with Crippen molar-refractivity contribution >= 4 is 50.7 Å². The van der Waals surface area contributed by atoms with Crippen LogP contribution in [0.1, 0.15) is 45.1 Å². The molecule has 1 saturated carbocycles. The van der Waals surface area contributed by atoms with E-state index in [9.17, 15) is 18.0 Å². The van der Waals surface area contributed by atoms with E-state index in [1.807, 2.05) is 0 Å². The van der Waals surface area contributed by atoms with E-state index >= 15 is 0 Å². The van der Waals surface area contributed by atoms with Gasteiger partial charge in [0, 0.05) is 18.7 Å². The van der Waals surface area contributed by atoms with E-state index in [4.69, 9.17) is 32.7 Å². The Bertz CT molecular complexity index is 1300. The number of sulfonamides is 1. The average Bonchev–Trinajstić information content (AvgIpc) is 3.58. The fraction of sp³-hybridized carbons (Fsp3) is 0.462. The predicted octanol–water partition coefficient (Wildman–Crippen LogP) is 4.35. The molecule has 2 aliphatic rings. The van der Waals surface area contributed by atoms with E-state index in [0.717, 1.165) is 30.0 Å². The van der Waals surface area contributed by atoms with E-state index in [-0.39, 0.29) is 36.7 Å². The first-order valence-electron chi connectivity index (χ1n) is 12.5. The highest BCUT2D eigenvalue weighted by Gasteiger charge is 2.32. The Hall–Kier alpha value is -2.69. The quantitative estimate of drug-likeness (QED) is 0.445. The van der Waals surface area contributed by atoms with Gasteiger partial charge in [0.25, 0.3) is 0 Å². The SMILES string of the molecule is CCS(=O)(=O)N(CC(=O)N(Cc1ccc(Cl)c(Cl)c1)[C@H](C)C(=O)NC1CCCC1)c1ccc2c(c1)OCO2. The lowest BCUT2D eigenvalue weighted by molar-refractivity contribution is -0.139. The number of hydrogen-bond acceptors (Lipinski definition) is 6. The topological polar surface area (TPSA) is 105 Å². The molecule has 2 amide bonds. The maximum Gasteiger partial charge on any atom is 0.244 e. The van der Waals surface area contributed by atoms with Crippen molar-refractivity contribution in [3.63, 3.8) is 0 Å². The summed E-state index contributed by atoms with van der Waals surface area (Å²) < 4.78 is 38.0. The number of ether oxygens (including phenoxy) is 2. The van der Waals surface area contributed by atoms with Gasteiger partial charge in [-0.05, 0) is 56.5 Å². The molecule has 1 aliphatic carbocycles. The molecule has 0 radical (unpaired) electrons. The van der Waals surface area contributed by atoms with Crippen molar-refractivity contribution in [3.05, 3.63) is 52.0 Å². The summed E-state index contributed by atoms with van der Waals surface area (Å²) in [5.74, 6) is -0.173. The number of rotatable bonds is 10. The number of halogens is 2. The zero-order valence-electron chi connectivity index (χ0n) is 21.3. The number of benzene rings is 2. The summed E-state index contributed by atoms with van der Waals surface area (Å²) in [6.07, 6.45) is 3.88. The third-order valence-electron chi connectivity index (χ3n) is 6.83. The summed E-state index contributed by atoms with van der Waals surface area (Å²) >= 11 is 12.3. The van der Waals surface area contributed by atoms with Crippen LogP contribution in [-0.4, -0.2) is 56.3 Å². The van der Waals surface area contributed by atoms with Crippen LogP contribution in [-0.2, 0) is 26.2 Å². The van der Waals surface area contributed by atoms with Crippen LogP contribution in [0.2, 0.25) is 10.0 Å². The smallest absolute Gasteiger partial charge is 0.244 e. The Labute approximate surface area is 233 Å². The monoisotopic (exact) mass is 583 g/mol. The molecule has 1 atom stereocenters. The van der Waals surface area contributed by atoms with Gasteiger partial charge in [0.05, 0.1) is 21.5 Å². The minimum Gasteiger partial charge on any atom is -0.454 e. The molecule has 1 fully saturated rings. The van der Waals surface area contributed by atoms with Crippen molar-refractivity contribution in [1.82, 2.24) is 10.2 Å². The van der Waals surface area contributed by atoms with E-state index in [0.29, 0.717) is 27.1 Å². The average molecular weight is 585 g/mol.